The van der Waals surface area contributed by atoms with Crippen LogP contribution < -0.4 is 16.0 Å². The van der Waals surface area contributed by atoms with E-state index in [1.807, 2.05) is 0 Å². The second-order valence-corrected chi connectivity index (χ2v) is 6.42. The number of carbonyl (C=O) groups is 3. The Bertz CT molecular complexity index is 778. The van der Waals surface area contributed by atoms with Crippen molar-refractivity contribution >= 4 is 23.6 Å². The highest BCUT2D eigenvalue weighted by Gasteiger charge is 2.41. The third kappa shape index (κ3) is 3.93. The van der Waals surface area contributed by atoms with Crippen molar-refractivity contribution in [2.24, 2.45) is 0 Å². The van der Waals surface area contributed by atoms with Gasteiger partial charge in [-0.3, -0.25) is 9.59 Å². The van der Waals surface area contributed by atoms with Gasteiger partial charge in [0.1, 0.15) is 12.2 Å². The number of amides is 3. The van der Waals surface area contributed by atoms with E-state index in [0.717, 1.165) is 12.1 Å². The molecule has 0 aromatic heterocycles. The fraction of sp³-hybridized carbons (Fsp3) is 0.471. The predicted molar refractivity (Wildman–Crippen MR) is 91.0 cm³/mol. The molecular formula is C17H20F2N4O4. The number of anilines is 1. The molecule has 146 valence electrons. The van der Waals surface area contributed by atoms with Gasteiger partial charge >= 0.3 is 12.0 Å². The number of piperidine rings is 1. The number of nitrogens with one attached hydrogen (secondary N) is 3. The van der Waals surface area contributed by atoms with Gasteiger partial charge in [0, 0.05) is 32.0 Å². The number of benzene rings is 1. The van der Waals surface area contributed by atoms with Crippen molar-refractivity contribution in [1.82, 2.24) is 15.5 Å². The van der Waals surface area contributed by atoms with Crippen molar-refractivity contribution < 1.29 is 27.9 Å². The summed E-state index contributed by atoms with van der Waals surface area (Å²) in [6.07, 6.45) is 0.730. The summed E-state index contributed by atoms with van der Waals surface area (Å²) < 4.78 is 31.6. The number of esters is 1. The monoisotopic (exact) mass is 382 g/mol. The summed E-state index contributed by atoms with van der Waals surface area (Å²) in [5.74, 6) is -3.15. The molecule has 0 radical (unpaired) electrons. The van der Waals surface area contributed by atoms with Gasteiger partial charge in [-0.25, -0.2) is 13.6 Å². The maximum atomic E-state index is 13.5. The number of hydrogen-bond acceptors (Lipinski definition) is 5. The molecule has 1 aromatic carbocycles. The molecular weight excluding hydrogens is 362 g/mol. The highest BCUT2D eigenvalue weighted by Crippen LogP contribution is 2.32. The molecule has 10 heteroatoms. The van der Waals surface area contributed by atoms with Crippen molar-refractivity contribution in [3.8, 4) is 0 Å². The molecule has 0 aliphatic carbocycles. The summed E-state index contributed by atoms with van der Waals surface area (Å²) in [6.45, 7) is 2.30. The Morgan fingerprint density at radius 1 is 1.22 bits per heavy atom. The van der Waals surface area contributed by atoms with Gasteiger partial charge < -0.3 is 25.6 Å². The van der Waals surface area contributed by atoms with Gasteiger partial charge in [0.15, 0.2) is 11.6 Å². The van der Waals surface area contributed by atoms with Crippen molar-refractivity contribution in [2.45, 2.75) is 25.4 Å². The Morgan fingerprint density at radius 2 is 1.89 bits per heavy atom. The second-order valence-electron chi connectivity index (χ2n) is 6.42. The number of urea groups is 1. The molecule has 8 nitrogen and oxygen atoms in total. The van der Waals surface area contributed by atoms with Crippen LogP contribution in [0.1, 0.15) is 30.1 Å². The quantitative estimate of drug-likeness (QED) is 0.682. The van der Waals surface area contributed by atoms with E-state index in [4.69, 9.17) is 4.74 Å². The largest absolute Gasteiger partial charge is 0.465 e. The van der Waals surface area contributed by atoms with Crippen molar-refractivity contribution in [1.29, 1.82) is 0 Å². The van der Waals surface area contributed by atoms with Gasteiger partial charge in [-0.2, -0.15) is 0 Å². The minimum Gasteiger partial charge on any atom is -0.465 e. The van der Waals surface area contributed by atoms with Crippen LogP contribution in [-0.2, 0) is 9.53 Å². The highest BCUT2D eigenvalue weighted by molar-refractivity contribution is 6.02. The maximum Gasteiger partial charge on any atom is 0.325 e. The van der Waals surface area contributed by atoms with Crippen molar-refractivity contribution in [3.05, 3.63) is 29.3 Å². The lowest BCUT2D eigenvalue weighted by molar-refractivity contribution is -0.141. The topological polar surface area (TPSA) is 99.8 Å². The Labute approximate surface area is 154 Å². The smallest absolute Gasteiger partial charge is 0.325 e. The number of ether oxygens (including phenoxy) is 1. The number of carbonyl (C=O) groups excluding carboxylic acids is 3. The first-order chi connectivity index (χ1) is 12.8. The molecule has 1 saturated heterocycles. The first-order valence-electron chi connectivity index (χ1n) is 8.62. The normalized spacial score (nSPS) is 17.6. The highest BCUT2D eigenvalue weighted by atomic mass is 19.2. The summed E-state index contributed by atoms with van der Waals surface area (Å²) in [6, 6.07) is 1.41. The summed E-state index contributed by atoms with van der Waals surface area (Å²) in [5, 5.41) is 8.34. The van der Waals surface area contributed by atoms with Crippen LogP contribution in [0.3, 0.4) is 0 Å². The molecule has 3 amide bonds. The van der Waals surface area contributed by atoms with E-state index in [1.54, 1.807) is 6.92 Å². The molecule has 2 aliphatic rings. The van der Waals surface area contributed by atoms with Gasteiger partial charge in [0.2, 0.25) is 0 Å². The molecule has 3 rings (SSSR count). The van der Waals surface area contributed by atoms with Crippen LogP contribution >= 0.6 is 0 Å². The predicted octanol–water partition coefficient (Wildman–Crippen LogP) is 1.18. The third-order valence-corrected chi connectivity index (χ3v) is 4.63. The zero-order valence-corrected chi connectivity index (χ0v) is 14.7. The molecule has 0 bridgehead atoms. The molecule has 27 heavy (non-hydrogen) atoms. The van der Waals surface area contributed by atoms with E-state index in [2.05, 4.69) is 16.0 Å². The van der Waals surface area contributed by atoms with Crippen molar-refractivity contribution in [3.63, 3.8) is 0 Å². The minimum atomic E-state index is -1.09. The molecule has 2 heterocycles. The summed E-state index contributed by atoms with van der Waals surface area (Å²) >= 11 is 0. The number of fused-ring (bicyclic) bond motifs is 1. The molecule has 1 fully saturated rings. The molecule has 1 aromatic rings. The summed E-state index contributed by atoms with van der Waals surface area (Å²) in [7, 11) is 0. The second kappa shape index (κ2) is 7.37. The van der Waals surface area contributed by atoms with Crippen molar-refractivity contribution in [2.75, 3.05) is 31.6 Å². The van der Waals surface area contributed by atoms with E-state index in [1.165, 1.54) is 4.90 Å². The number of rotatable bonds is 3. The van der Waals surface area contributed by atoms with Crippen LogP contribution in [0, 0.1) is 11.6 Å². The number of halogens is 2. The van der Waals surface area contributed by atoms with Gasteiger partial charge in [0.05, 0.1) is 17.9 Å². The summed E-state index contributed by atoms with van der Waals surface area (Å²) in [5.41, 5.74) is -0.585. The third-order valence-electron chi connectivity index (χ3n) is 4.63. The lowest BCUT2D eigenvalue weighted by Gasteiger charge is -2.45. The maximum absolute atomic E-state index is 13.5. The molecule has 0 atom stereocenters. The molecule has 0 saturated carbocycles. The first-order valence-corrected chi connectivity index (χ1v) is 8.62. The van der Waals surface area contributed by atoms with Crippen LogP contribution in [0.5, 0.6) is 0 Å². The Hall–Kier alpha value is -2.91. The minimum absolute atomic E-state index is 0.0362. The van der Waals surface area contributed by atoms with Crippen LogP contribution in [0.4, 0.5) is 19.3 Å². The number of hydrogen-bond donors (Lipinski definition) is 3. The van der Waals surface area contributed by atoms with E-state index in [9.17, 15) is 23.2 Å². The van der Waals surface area contributed by atoms with Gasteiger partial charge in [0.25, 0.3) is 5.91 Å². The number of likely N-dealkylation sites (tertiary alicyclic amines) is 1. The Kier molecular flexibility index (Phi) is 5.15. The van der Waals surface area contributed by atoms with Crippen LogP contribution in [-0.4, -0.2) is 54.7 Å². The Morgan fingerprint density at radius 3 is 2.56 bits per heavy atom. The summed E-state index contributed by atoms with van der Waals surface area (Å²) in [4.78, 5) is 37.2. The lowest BCUT2D eigenvalue weighted by atomic mass is 9.92. The Balaban J connectivity index is 1.61. The fourth-order valence-electron chi connectivity index (χ4n) is 3.22. The van der Waals surface area contributed by atoms with Crippen LogP contribution in [0.25, 0.3) is 0 Å². The zero-order chi connectivity index (χ0) is 19.6. The fourth-order valence-corrected chi connectivity index (χ4v) is 3.22. The van der Waals surface area contributed by atoms with Gasteiger partial charge in [-0.15, -0.1) is 0 Å². The SMILES string of the molecule is CCOC(=O)CNC(=O)N1CCC2(CC1)NC(=O)c1cc(F)c(F)cc1N2. The van der Waals surface area contributed by atoms with Gasteiger partial charge in [-0.05, 0) is 13.0 Å². The standard InChI is InChI=1S/C17H20F2N4O4/c1-2-27-14(24)9-20-16(26)23-5-3-17(4-6-23)21-13-8-12(19)11(18)7-10(13)15(25)22-17/h7-8,21H,2-6,9H2,1H3,(H,20,26)(H,22,25). The molecule has 2 aliphatic heterocycles. The average molecular weight is 382 g/mol. The zero-order valence-electron chi connectivity index (χ0n) is 14.7. The lowest BCUT2D eigenvalue weighted by Crippen LogP contribution is -2.63. The number of nitrogens with zero attached hydrogens (tertiary/aromatic N) is 1. The molecule has 0 unspecified atom stereocenters. The van der Waals surface area contributed by atoms with E-state index >= 15 is 0 Å². The van der Waals surface area contributed by atoms with Crippen LogP contribution in [0.2, 0.25) is 0 Å². The average Bonchev–Trinajstić information content (AvgIpc) is 2.62. The van der Waals surface area contributed by atoms with E-state index < -0.39 is 35.2 Å². The van der Waals surface area contributed by atoms with E-state index in [0.29, 0.717) is 25.9 Å². The van der Waals surface area contributed by atoms with Gasteiger partial charge in [-0.1, -0.05) is 0 Å². The van der Waals surface area contributed by atoms with Crippen LogP contribution in [0.15, 0.2) is 12.1 Å². The first kappa shape index (κ1) is 18.9. The molecule has 1 spiro atoms. The van der Waals surface area contributed by atoms with E-state index in [-0.39, 0.29) is 24.4 Å². The molecule has 3 N–H and O–H groups in total.